The highest BCUT2D eigenvalue weighted by Crippen LogP contribution is 2.21. The Morgan fingerprint density at radius 1 is 1.47 bits per heavy atom. The normalized spacial score (nSPS) is 10.5. The first-order chi connectivity index (χ1) is 8.91. The summed E-state index contributed by atoms with van der Waals surface area (Å²) in [5.74, 6) is -2.03. The van der Waals surface area contributed by atoms with E-state index in [1.54, 1.807) is 6.07 Å². The third-order valence-corrected chi connectivity index (χ3v) is 3.09. The zero-order chi connectivity index (χ0) is 14.2. The molecule has 19 heavy (non-hydrogen) atoms. The molecule has 0 fully saturated rings. The van der Waals surface area contributed by atoms with E-state index in [2.05, 4.69) is 21.0 Å². The van der Waals surface area contributed by atoms with Gasteiger partial charge in [-0.05, 0) is 35.0 Å². The van der Waals surface area contributed by atoms with Gasteiger partial charge in [-0.15, -0.1) is 0 Å². The summed E-state index contributed by atoms with van der Waals surface area (Å²) in [7, 11) is 0. The van der Waals surface area contributed by atoms with Crippen LogP contribution in [0.1, 0.15) is 16.1 Å². The van der Waals surface area contributed by atoms with Gasteiger partial charge in [-0.25, -0.2) is 13.9 Å². The zero-order valence-electron chi connectivity index (χ0n) is 9.72. The summed E-state index contributed by atoms with van der Waals surface area (Å²) in [6, 6.07) is 4.52. The van der Waals surface area contributed by atoms with Gasteiger partial charge in [0.05, 0.1) is 4.47 Å². The molecule has 1 aromatic carbocycles. The highest BCUT2D eigenvalue weighted by molar-refractivity contribution is 9.10. The van der Waals surface area contributed by atoms with E-state index in [0.29, 0.717) is 0 Å². The molecule has 0 aliphatic rings. The van der Waals surface area contributed by atoms with Crippen LogP contribution in [0.4, 0.5) is 4.39 Å². The van der Waals surface area contributed by atoms with Gasteiger partial charge in [0.15, 0.2) is 5.82 Å². The van der Waals surface area contributed by atoms with Crippen molar-refractivity contribution in [3.8, 4) is 5.69 Å². The van der Waals surface area contributed by atoms with Gasteiger partial charge in [0.25, 0.3) is 0 Å². The molecule has 0 spiro atoms. The van der Waals surface area contributed by atoms with E-state index in [-0.39, 0.29) is 15.7 Å². The van der Waals surface area contributed by atoms with Crippen molar-refractivity contribution < 1.29 is 14.3 Å². The number of hydrogen-bond donors (Lipinski definition) is 1. The molecule has 7 heteroatoms. The van der Waals surface area contributed by atoms with Gasteiger partial charge in [0, 0.05) is 11.8 Å². The summed E-state index contributed by atoms with van der Waals surface area (Å²) in [5.41, 5.74) is -1.09. The molecule has 1 heterocycles. The van der Waals surface area contributed by atoms with Gasteiger partial charge in [-0.1, -0.05) is 6.07 Å². The van der Waals surface area contributed by atoms with Crippen molar-refractivity contribution in [2.45, 2.75) is 6.92 Å². The van der Waals surface area contributed by atoms with Gasteiger partial charge >= 0.3 is 5.97 Å². The molecule has 0 amide bonds. The summed E-state index contributed by atoms with van der Waals surface area (Å²) in [5, 5.41) is 12.6. The van der Waals surface area contributed by atoms with Crippen molar-refractivity contribution in [3.63, 3.8) is 0 Å². The first-order valence-corrected chi connectivity index (χ1v) is 5.99. The van der Waals surface area contributed by atoms with E-state index in [0.717, 1.165) is 4.68 Å². The maximum absolute atomic E-state index is 13.9. The van der Waals surface area contributed by atoms with Crippen molar-refractivity contribution >= 4 is 21.9 Å². The van der Waals surface area contributed by atoms with Crippen molar-refractivity contribution in [1.29, 1.82) is 0 Å². The fourth-order valence-corrected chi connectivity index (χ4v) is 1.90. The lowest BCUT2D eigenvalue weighted by atomic mass is 10.2. The van der Waals surface area contributed by atoms with Crippen LogP contribution in [0.25, 0.3) is 5.69 Å². The van der Waals surface area contributed by atoms with Gasteiger partial charge in [0.2, 0.25) is 11.1 Å². The average Bonchev–Trinajstić information content (AvgIpc) is 2.35. The number of hydrogen-bond acceptors (Lipinski definition) is 3. The highest BCUT2D eigenvalue weighted by atomic mass is 79.9. The van der Waals surface area contributed by atoms with E-state index in [1.807, 2.05) is 0 Å². The van der Waals surface area contributed by atoms with Gasteiger partial charge in [-0.2, -0.15) is 5.10 Å². The van der Waals surface area contributed by atoms with Crippen LogP contribution >= 0.6 is 15.9 Å². The Morgan fingerprint density at radius 3 is 2.79 bits per heavy atom. The average molecular weight is 327 g/mol. The minimum atomic E-state index is -1.45. The second kappa shape index (κ2) is 4.93. The lowest BCUT2D eigenvalue weighted by Gasteiger charge is -2.09. The van der Waals surface area contributed by atoms with E-state index in [9.17, 15) is 14.0 Å². The summed E-state index contributed by atoms with van der Waals surface area (Å²) < 4.78 is 15.2. The number of aryl methyl sites for hydroxylation is 1. The molecular formula is C12H8BrFN2O3. The molecule has 0 radical (unpaired) electrons. The summed E-state index contributed by atoms with van der Waals surface area (Å²) in [4.78, 5) is 22.5. The Kier molecular flexibility index (Phi) is 3.48. The zero-order valence-corrected chi connectivity index (χ0v) is 11.3. The van der Waals surface area contributed by atoms with Crippen molar-refractivity contribution in [2.75, 3.05) is 0 Å². The number of carboxylic acids is 1. The Hall–Kier alpha value is -2.02. The maximum atomic E-state index is 13.9. The molecule has 0 aliphatic carbocycles. The Bertz CT molecular complexity index is 727. The summed E-state index contributed by atoms with van der Waals surface area (Å²) in [6.07, 6.45) is 1.29. The first-order valence-electron chi connectivity index (χ1n) is 5.20. The van der Waals surface area contributed by atoms with Gasteiger partial charge in [-0.3, -0.25) is 4.79 Å². The number of halogens is 2. The lowest BCUT2D eigenvalue weighted by Crippen LogP contribution is -2.23. The first kappa shape index (κ1) is 13.4. The molecule has 1 aromatic heterocycles. The number of aromatic carboxylic acids is 1. The second-order valence-corrected chi connectivity index (χ2v) is 4.67. The van der Waals surface area contributed by atoms with Crippen LogP contribution < -0.4 is 5.43 Å². The number of carbonyl (C=O) groups is 1. The predicted molar refractivity (Wildman–Crippen MR) is 69.2 cm³/mol. The molecule has 5 nitrogen and oxygen atoms in total. The SMILES string of the molecule is Cc1cn(-c2cccc(Br)c2F)nc(C(=O)O)c1=O. The molecule has 1 N–H and O–H groups in total. The van der Waals surface area contributed by atoms with E-state index in [4.69, 9.17) is 5.11 Å². The van der Waals surface area contributed by atoms with Crippen molar-refractivity contribution in [3.05, 3.63) is 56.2 Å². The second-order valence-electron chi connectivity index (χ2n) is 3.81. The van der Waals surface area contributed by atoms with E-state index >= 15 is 0 Å². The van der Waals surface area contributed by atoms with Crippen LogP contribution in [0.3, 0.4) is 0 Å². The quantitative estimate of drug-likeness (QED) is 0.917. The lowest BCUT2D eigenvalue weighted by molar-refractivity contribution is 0.0686. The topological polar surface area (TPSA) is 72.2 Å². The molecule has 0 saturated carbocycles. The van der Waals surface area contributed by atoms with Crippen molar-refractivity contribution in [2.24, 2.45) is 0 Å². The van der Waals surface area contributed by atoms with E-state index in [1.165, 1.54) is 25.3 Å². The van der Waals surface area contributed by atoms with Crippen LogP contribution in [0.5, 0.6) is 0 Å². The standard InChI is InChI=1S/C12H8BrFN2O3/c1-6-5-16(15-10(11(6)17)12(18)19)8-4-2-3-7(13)9(8)14/h2-5H,1H3,(H,18,19). The molecule has 0 saturated heterocycles. The molecule has 2 aromatic rings. The van der Waals surface area contributed by atoms with Crippen LogP contribution in [0.15, 0.2) is 33.7 Å². The molecular weight excluding hydrogens is 319 g/mol. The Morgan fingerprint density at radius 2 is 2.16 bits per heavy atom. The molecule has 0 unspecified atom stereocenters. The largest absolute Gasteiger partial charge is 0.476 e. The summed E-state index contributed by atoms with van der Waals surface area (Å²) >= 11 is 3.03. The maximum Gasteiger partial charge on any atom is 0.360 e. The fraction of sp³-hybridized carbons (Fsp3) is 0.0833. The molecule has 0 bridgehead atoms. The van der Waals surface area contributed by atoms with Crippen molar-refractivity contribution in [1.82, 2.24) is 9.78 Å². The third kappa shape index (κ3) is 2.41. The van der Waals surface area contributed by atoms with Crippen LogP contribution in [0.2, 0.25) is 0 Å². The fourth-order valence-electron chi connectivity index (χ4n) is 1.54. The van der Waals surface area contributed by atoms with E-state index < -0.39 is 22.9 Å². The Balaban J connectivity index is 2.74. The van der Waals surface area contributed by atoms with Gasteiger partial charge in [0.1, 0.15) is 5.69 Å². The molecule has 98 valence electrons. The minimum Gasteiger partial charge on any atom is -0.476 e. The van der Waals surface area contributed by atoms with Gasteiger partial charge < -0.3 is 5.11 Å². The Labute approximate surface area is 115 Å². The predicted octanol–water partition coefficient (Wildman–Crippen LogP) is 2.14. The minimum absolute atomic E-state index is 0.0555. The number of benzene rings is 1. The number of rotatable bonds is 2. The van der Waals surface area contributed by atoms with Crippen LogP contribution in [-0.4, -0.2) is 20.9 Å². The number of carboxylic acid groups (broad SMARTS) is 1. The highest BCUT2D eigenvalue weighted by Gasteiger charge is 2.16. The smallest absolute Gasteiger partial charge is 0.360 e. The third-order valence-electron chi connectivity index (χ3n) is 2.48. The summed E-state index contributed by atoms with van der Waals surface area (Å²) in [6.45, 7) is 1.45. The van der Waals surface area contributed by atoms with Crippen LogP contribution in [-0.2, 0) is 0 Å². The van der Waals surface area contributed by atoms with Crippen LogP contribution in [0, 0.1) is 12.7 Å². The molecule has 2 rings (SSSR count). The number of aromatic nitrogens is 2. The number of nitrogens with zero attached hydrogens (tertiary/aromatic N) is 2. The monoisotopic (exact) mass is 326 g/mol. The molecule has 0 aliphatic heterocycles. The molecule has 0 atom stereocenters.